The van der Waals surface area contributed by atoms with E-state index < -0.39 is 5.60 Å². The van der Waals surface area contributed by atoms with Crippen LogP contribution in [0.4, 0.5) is 0 Å². The maximum Gasteiger partial charge on any atom is 0.192 e. The average molecular weight is 361 g/mol. The monoisotopic (exact) mass is 360 g/mol. The molecule has 0 fully saturated rings. The van der Waals surface area contributed by atoms with Gasteiger partial charge in [0, 0.05) is 27.6 Å². The second-order valence-corrected chi connectivity index (χ2v) is 7.08. The molecule has 4 heteroatoms. The molecule has 2 atom stereocenters. The van der Waals surface area contributed by atoms with Crippen molar-refractivity contribution in [2.75, 3.05) is 0 Å². The second kappa shape index (κ2) is 6.62. The van der Waals surface area contributed by atoms with Gasteiger partial charge < -0.3 is 4.74 Å². The van der Waals surface area contributed by atoms with Crippen LogP contribution < -0.4 is 0 Å². The predicted molar refractivity (Wildman–Crippen MR) is 98.1 cm³/mol. The third-order valence-electron chi connectivity index (χ3n) is 4.34. The van der Waals surface area contributed by atoms with Crippen LogP contribution in [0.1, 0.15) is 31.4 Å². The molecule has 0 aliphatic carbocycles. The molecule has 3 rings (SSSR count). The number of halogens is 2. The lowest BCUT2D eigenvalue weighted by Gasteiger charge is -2.39. The summed E-state index contributed by atoms with van der Waals surface area (Å²) in [6, 6.07) is 14.7. The van der Waals surface area contributed by atoms with E-state index in [2.05, 4.69) is 13.0 Å². The van der Waals surface area contributed by atoms with Crippen molar-refractivity contribution in [2.45, 2.75) is 25.9 Å². The van der Waals surface area contributed by atoms with Crippen LogP contribution in [0.3, 0.4) is 0 Å². The van der Waals surface area contributed by atoms with Gasteiger partial charge in [-0.2, -0.15) is 0 Å². The summed E-state index contributed by atoms with van der Waals surface area (Å²) in [5, 5.41) is 1.30. The van der Waals surface area contributed by atoms with Gasteiger partial charge in [-0.05, 0) is 55.3 Å². The fourth-order valence-electron chi connectivity index (χ4n) is 3.12. The van der Waals surface area contributed by atoms with Crippen LogP contribution >= 0.6 is 23.2 Å². The highest BCUT2D eigenvalue weighted by Gasteiger charge is 2.44. The molecule has 0 radical (unpaired) electrons. The highest BCUT2D eigenvalue weighted by atomic mass is 35.5. The van der Waals surface area contributed by atoms with Gasteiger partial charge in [-0.15, -0.1) is 0 Å². The Morgan fingerprint density at radius 3 is 2.12 bits per heavy atom. The van der Waals surface area contributed by atoms with Crippen molar-refractivity contribution in [3.8, 4) is 0 Å². The molecule has 2 nitrogen and oxygen atoms in total. The van der Waals surface area contributed by atoms with E-state index in [9.17, 15) is 4.79 Å². The Bertz CT molecular complexity index is 778. The second-order valence-electron chi connectivity index (χ2n) is 6.21. The van der Waals surface area contributed by atoms with Gasteiger partial charge in [0.25, 0.3) is 0 Å². The van der Waals surface area contributed by atoms with E-state index in [-0.39, 0.29) is 11.7 Å². The number of rotatable bonds is 3. The number of ketones is 1. The Balaban J connectivity index is 2.05. The van der Waals surface area contributed by atoms with Crippen molar-refractivity contribution in [2.24, 2.45) is 5.92 Å². The summed E-state index contributed by atoms with van der Waals surface area (Å²) in [5.74, 6) is 0.885. The number of ether oxygens (including phenoxy) is 1. The molecule has 1 aliphatic heterocycles. The van der Waals surface area contributed by atoms with Crippen LogP contribution in [0.5, 0.6) is 0 Å². The zero-order valence-electron chi connectivity index (χ0n) is 13.6. The Hall–Kier alpha value is -1.77. The summed E-state index contributed by atoms with van der Waals surface area (Å²) < 4.78 is 6.28. The first-order valence-electron chi connectivity index (χ1n) is 7.84. The molecule has 0 unspecified atom stereocenters. The van der Waals surface area contributed by atoms with E-state index in [1.54, 1.807) is 19.1 Å². The number of carbonyl (C=O) groups is 1. The van der Waals surface area contributed by atoms with E-state index in [1.807, 2.05) is 36.4 Å². The van der Waals surface area contributed by atoms with Gasteiger partial charge in [0.15, 0.2) is 11.4 Å². The normalized spacial score (nSPS) is 23.3. The van der Waals surface area contributed by atoms with Gasteiger partial charge >= 0.3 is 0 Å². The van der Waals surface area contributed by atoms with Crippen molar-refractivity contribution in [3.05, 3.63) is 75.8 Å². The molecule has 124 valence electrons. The Morgan fingerprint density at radius 2 is 1.58 bits per heavy atom. The van der Waals surface area contributed by atoms with Gasteiger partial charge in [-0.25, -0.2) is 0 Å². The van der Waals surface area contributed by atoms with Gasteiger partial charge in [-0.1, -0.05) is 42.3 Å². The summed E-state index contributed by atoms with van der Waals surface area (Å²) in [4.78, 5) is 12.6. The van der Waals surface area contributed by atoms with Crippen molar-refractivity contribution >= 4 is 34.7 Å². The number of hydrogen-bond donors (Lipinski definition) is 0. The van der Waals surface area contributed by atoms with Gasteiger partial charge in [0.05, 0.1) is 0 Å². The minimum atomic E-state index is -0.992. The molecule has 0 aromatic heterocycles. The van der Waals surface area contributed by atoms with Crippen LogP contribution in [-0.4, -0.2) is 5.78 Å². The number of Topliss-reactive ketones (excluding diaryl/α,β-unsaturated/α-hetero) is 1. The highest BCUT2D eigenvalue weighted by molar-refractivity contribution is 6.30. The summed E-state index contributed by atoms with van der Waals surface area (Å²) in [6.45, 7) is 3.66. The lowest BCUT2D eigenvalue weighted by Crippen LogP contribution is -2.40. The van der Waals surface area contributed by atoms with Crippen LogP contribution in [0.25, 0.3) is 5.76 Å². The van der Waals surface area contributed by atoms with Crippen LogP contribution in [0.15, 0.2) is 54.6 Å². The lowest BCUT2D eigenvalue weighted by molar-refractivity contribution is -0.138. The first kappa shape index (κ1) is 17.1. The zero-order valence-corrected chi connectivity index (χ0v) is 15.1. The predicted octanol–water partition coefficient (Wildman–Crippen LogP) is 5.88. The Morgan fingerprint density at radius 1 is 1.04 bits per heavy atom. The van der Waals surface area contributed by atoms with Crippen LogP contribution in [0.2, 0.25) is 10.0 Å². The SMILES string of the molecule is CC(=O)[C@]1(c2ccc(Cl)cc2)C[C@@H](C)C=C(c2ccc(Cl)cc2)O1. The fourth-order valence-corrected chi connectivity index (χ4v) is 3.37. The van der Waals surface area contributed by atoms with E-state index >= 15 is 0 Å². The molecule has 0 saturated heterocycles. The molecule has 0 saturated carbocycles. The standard InChI is InChI=1S/C20H18Cl2O2/c1-13-11-19(15-3-7-17(21)8-4-15)24-20(12-13,14(2)23)16-5-9-18(22)10-6-16/h3-11,13H,12H2,1-2H3/t13-,20-/m0/s1. The summed E-state index contributed by atoms with van der Waals surface area (Å²) in [5.41, 5.74) is 0.740. The molecular formula is C20H18Cl2O2. The molecule has 2 aromatic carbocycles. The largest absolute Gasteiger partial charge is 0.474 e. The third-order valence-corrected chi connectivity index (χ3v) is 4.84. The topological polar surface area (TPSA) is 26.3 Å². The van der Waals surface area contributed by atoms with Crippen molar-refractivity contribution in [3.63, 3.8) is 0 Å². The molecule has 1 heterocycles. The minimum Gasteiger partial charge on any atom is -0.474 e. The zero-order chi connectivity index (χ0) is 17.3. The third kappa shape index (κ3) is 3.22. The van der Waals surface area contributed by atoms with Crippen LogP contribution in [-0.2, 0) is 15.1 Å². The lowest BCUT2D eigenvalue weighted by atomic mass is 9.79. The Labute approximate surface area is 152 Å². The van der Waals surface area contributed by atoms with Crippen molar-refractivity contribution in [1.82, 2.24) is 0 Å². The van der Waals surface area contributed by atoms with E-state index in [4.69, 9.17) is 27.9 Å². The molecule has 1 aliphatic rings. The summed E-state index contributed by atoms with van der Waals surface area (Å²) in [6.07, 6.45) is 2.65. The number of allylic oxidation sites excluding steroid dienone is 1. The maximum atomic E-state index is 12.6. The summed E-state index contributed by atoms with van der Waals surface area (Å²) in [7, 11) is 0. The summed E-state index contributed by atoms with van der Waals surface area (Å²) >= 11 is 12.0. The van der Waals surface area contributed by atoms with E-state index in [1.165, 1.54) is 0 Å². The van der Waals surface area contributed by atoms with Gasteiger partial charge in [-0.3, -0.25) is 4.79 Å². The van der Waals surface area contributed by atoms with Crippen molar-refractivity contribution < 1.29 is 9.53 Å². The van der Waals surface area contributed by atoms with E-state index in [0.717, 1.165) is 11.1 Å². The number of benzene rings is 2. The highest BCUT2D eigenvalue weighted by Crippen LogP contribution is 2.43. The molecule has 0 spiro atoms. The average Bonchev–Trinajstić information content (AvgIpc) is 2.55. The maximum absolute atomic E-state index is 12.6. The molecule has 0 amide bonds. The molecule has 0 bridgehead atoms. The number of hydrogen-bond acceptors (Lipinski definition) is 2. The van der Waals surface area contributed by atoms with Gasteiger partial charge in [0.1, 0.15) is 5.76 Å². The Kier molecular flexibility index (Phi) is 4.71. The first-order chi connectivity index (χ1) is 11.4. The quantitative estimate of drug-likeness (QED) is 0.683. The van der Waals surface area contributed by atoms with E-state index in [0.29, 0.717) is 22.2 Å². The molecule has 24 heavy (non-hydrogen) atoms. The van der Waals surface area contributed by atoms with Crippen molar-refractivity contribution in [1.29, 1.82) is 0 Å². The molecule has 0 N–H and O–H groups in total. The molecular weight excluding hydrogens is 343 g/mol. The fraction of sp³-hybridized carbons (Fsp3) is 0.250. The number of carbonyl (C=O) groups excluding carboxylic acids is 1. The molecule has 2 aromatic rings. The first-order valence-corrected chi connectivity index (χ1v) is 8.60. The smallest absolute Gasteiger partial charge is 0.192 e. The van der Waals surface area contributed by atoms with Gasteiger partial charge in [0.2, 0.25) is 0 Å². The van der Waals surface area contributed by atoms with Crippen LogP contribution in [0, 0.1) is 5.92 Å². The minimum absolute atomic E-state index is 0.0174.